The molecule has 8 heteroatoms. The molecule has 1 aliphatic heterocycles. The molecule has 26 heavy (non-hydrogen) atoms. The third-order valence-electron chi connectivity index (χ3n) is 4.60. The highest BCUT2D eigenvalue weighted by atomic mass is 35.5. The Hall–Kier alpha value is -2.09. The summed E-state index contributed by atoms with van der Waals surface area (Å²) < 4.78 is 27.0. The lowest BCUT2D eigenvalue weighted by atomic mass is 9.94. The fourth-order valence-corrected chi connectivity index (χ4v) is 4.20. The lowest BCUT2D eigenvalue weighted by molar-refractivity contribution is 0.504. The Labute approximate surface area is 158 Å². The minimum absolute atomic E-state index is 0.188. The number of aromatic nitrogens is 2. The molecule has 0 radical (unpaired) electrons. The van der Waals surface area contributed by atoms with Crippen LogP contribution in [0.1, 0.15) is 11.5 Å². The zero-order valence-electron chi connectivity index (χ0n) is 13.6. The molecule has 2 unspecified atom stereocenters. The Morgan fingerprint density at radius 3 is 2.73 bits per heavy atom. The van der Waals surface area contributed by atoms with Crippen molar-refractivity contribution in [3.63, 3.8) is 0 Å². The highest BCUT2D eigenvalue weighted by Crippen LogP contribution is 2.35. The van der Waals surface area contributed by atoms with Crippen LogP contribution in [0.15, 0.2) is 41.4 Å². The van der Waals surface area contributed by atoms with Gasteiger partial charge in [-0.15, -0.1) is 0 Å². The Kier molecular flexibility index (Phi) is 4.60. The van der Waals surface area contributed by atoms with Gasteiger partial charge < -0.3 is 10.6 Å². The van der Waals surface area contributed by atoms with Crippen LogP contribution in [-0.4, -0.2) is 29.1 Å². The fraction of sp³-hybridized carbons (Fsp3) is 0.222. The normalized spacial score (nSPS) is 19.9. The van der Waals surface area contributed by atoms with E-state index in [2.05, 4.69) is 9.97 Å². The van der Waals surface area contributed by atoms with E-state index in [0.29, 0.717) is 18.7 Å². The van der Waals surface area contributed by atoms with Crippen LogP contribution < -0.4 is 10.6 Å². The van der Waals surface area contributed by atoms with Gasteiger partial charge in [0.05, 0.1) is 5.69 Å². The molecule has 1 aliphatic rings. The Balaban J connectivity index is 1.62. The standard InChI is InChI=1S/C18H15ClF2N4S/c19-13-4-15(21)14(20)3-11(13)12-6-25(7-16(12)22)18-5-17(23-9-24-18)10-1-2-26-8-10/h1-5,8-9,12,16H,6-7,22H2. The third-order valence-corrected chi connectivity index (χ3v) is 5.61. The number of rotatable bonds is 3. The van der Waals surface area contributed by atoms with E-state index in [0.717, 1.165) is 29.2 Å². The van der Waals surface area contributed by atoms with Crippen LogP contribution in [0.2, 0.25) is 5.02 Å². The van der Waals surface area contributed by atoms with Gasteiger partial charge in [-0.25, -0.2) is 18.7 Å². The molecule has 0 amide bonds. The lowest BCUT2D eigenvalue weighted by Gasteiger charge is -2.18. The van der Waals surface area contributed by atoms with Crippen molar-refractivity contribution in [3.05, 3.63) is 63.6 Å². The number of thiophene rings is 1. The first-order chi connectivity index (χ1) is 12.5. The Bertz CT molecular complexity index is 935. The molecule has 2 atom stereocenters. The quantitative estimate of drug-likeness (QED) is 0.683. The van der Waals surface area contributed by atoms with Crippen LogP contribution in [0.5, 0.6) is 0 Å². The maximum absolute atomic E-state index is 13.7. The molecule has 0 saturated carbocycles. The molecule has 1 aromatic carbocycles. The summed E-state index contributed by atoms with van der Waals surface area (Å²) in [5.74, 6) is -1.34. The molecule has 134 valence electrons. The topological polar surface area (TPSA) is 55.0 Å². The summed E-state index contributed by atoms with van der Waals surface area (Å²) in [5.41, 5.74) is 8.65. The predicted molar refractivity (Wildman–Crippen MR) is 99.6 cm³/mol. The minimum atomic E-state index is -0.960. The van der Waals surface area contributed by atoms with Crippen molar-refractivity contribution < 1.29 is 8.78 Å². The van der Waals surface area contributed by atoms with Crippen LogP contribution in [-0.2, 0) is 0 Å². The number of halogens is 3. The van der Waals surface area contributed by atoms with Crippen molar-refractivity contribution in [2.24, 2.45) is 5.73 Å². The summed E-state index contributed by atoms with van der Waals surface area (Å²) >= 11 is 7.73. The average molecular weight is 393 g/mol. The summed E-state index contributed by atoms with van der Waals surface area (Å²) in [6.07, 6.45) is 1.52. The molecule has 4 nitrogen and oxygen atoms in total. The van der Waals surface area contributed by atoms with Gasteiger partial charge in [0, 0.05) is 47.1 Å². The summed E-state index contributed by atoms with van der Waals surface area (Å²) in [6.45, 7) is 1.06. The molecule has 4 rings (SSSR count). The van der Waals surface area contributed by atoms with Gasteiger partial charge in [-0.1, -0.05) is 11.6 Å². The van der Waals surface area contributed by atoms with Crippen LogP contribution >= 0.6 is 22.9 Å². The molecule has 3 aromatic rings. The largest absolute Gasteiger partial charge is 0.354 e. The van der Waals surface area contributed by atoms with Gasteiger partial charge in [0.2, 0.25) is 0 Å². The molecule has 1 saturated heterocycles. The molecule has 1 fully saturated rings. The first-order valence-corrected chi connectivity index (χ1v) is 9.34. The maximum Gasteiger partial charge on any atom is 0.160 e. The van der Waals surface area contributed by atoms with Crippen LogP contribution in [0, 0.1) is 11.6 Å². The lowest BCUT2D eigenvalue weighted by Crippen LogP contribution is -2.29. The molecular formula is C18H15ClF2N4S. The van der Waals surface area contributed by atoms with Crippen molar-refractivity contribution >= 4 is 28.8 Å². The van der Waals surface area contributed by atoms with E-state index in [1.165, 1.54) is 6.33 Å². The second-order valence-corrected chi connectivity index (χ2v) is 7.42. The zero-order chi connectivity index (χ0) is 18.3. The van der Waals surface area contributed by atoms with Crippen molar-refractivity contribution in [1.82, 2.24) is 9.97 Å². The number of benzene rings is 1. The summed E-state index contributed by atoms with van der Waals surface area (Å²) in [6, 6.07) is 5.78. The van der Waals surface area contributed by atoms with Gasteiger partial charge >= 0.3 is 0 Å². The van der Waals surface area contributed by atoms with Crippen molar-refractivity contribution in [3.8, 4) is 11.3 Å². The van der Waals surface area contributed by atoms with Gasteiger partial charge in [0.1, 0.15) is 12.1 Å². The van der Waals surface area contributed by atoms with E-state index in [4.69, 9.17) is 17.3 Å². The van der Waals surface area contributed by atoms with Crippen molar-refractivity contribution in [1.29, 1.82) is 0 Å². The highest BCUT2D eigenvalue weighted by molar-refractivity contribution is 7.08. The average Bonchev–Trinajstić information content (AvgIpc) is 3.28. The van der Waals surface area contributed by atoms with E-state index in [-0.39, 0.29) is 17.0 Å². The molecule has 2 N–H and O–H groups in total. The Morgan fingerprint density at radius 1 is 1.15 bits per heavy atom. The SMILES string of the molecule is NC1CN(c2cc(-c3ccsc3)ncn2)CC1c1cc(F)c(F)cc1Cl. The van der Waals surface area contributed by atoms with Gasteiger partial charge in [0.15, 0.2) is 11.6 Å². The number of hydrogen-bond acceptors (Lipinski definition) is 5. The first kappa shape index (κ1) is 17.3. The summed E-state index contributed by atoms with van der Waals surface area (Å²) in [4.78, 5) is 10.7. The van der Waals surface area contributed by atoms with Crippen LogP contribution in [0.25, 0.3) is 11.3 Å². The van der Waals surface area contributed by atoms with Gasteiger partial charge in [0.25, 0.3) is 0 Å². The van der Waals surface area contributed by atoms with Crippen molar-refractivity contribution in [2.75, 3.05) is 18.0 Å². The predicted octanol–water partition coefficient (Wildman–Crippen LogP) is 4.07. The summed E-state index contributed by atoms with van der Waals surface area (Å²) in [5, 5.41) is 4.20. The summed E-state index contributed by atoms with van der Waals surface area (Å²) in [7, 11) is 0. The highest BCUT2D eigenvalue weighted by Gasteiger charge is 2.34. The number of anilines is 1. The van der Waals surface area contributed by atoms with E-state index in [9.17, 15) is 8.78 Å². The number of nitrogens with zero attached hydrogens (tertiary/aromatic N) is 3. The number of nitrogens with two attached hydrogens (primary N) is 1. The smallest absolute Gasteiger partial charge is 0.160 e. The maximum atomic E-state index is 13.7. The zero-order valence-corrected chi connectivity index (χ0v) is 15.1. The minimum Gasteiger partial charge on any atom is -0.354 e. The second kappa shape index (κ2) is 6.90. The molecular weight excluding hydrogens is 378 g/mol. The molecule has 2 aromatic heterocycles. The van der Waals surface area contributed by atoms with Gasteiger partial charge in [-0.2, -0.15) is 11.3 Å². The fourth-order valence-electron chi connectivity index (χ4n) is 3.26. The molecule has 0 spiro atoms. The monoisotopic (exact) mass is 392 g/mol. The first-order valence-electron chi connectivity index (χ1n) is 8.02. The van der Waals surface area contributed by atoms with E-state index in [1.54, 1.807) is 11.3 Å². The molecule has 0 aliphatic carbocycles. The molecule has 3 heterocycles. The van der Waals surface area contributed by atoms with Crippen molar-refractivity contribution in [2.45, 2.75) is 12.0 Å². The van der Waals surface area contributed by atoms with Crippen LogP contribution in [0.3, 0.4) is 0 Å². The molecule has 0 bridgehead atoms. The van der Waals surface area contributed by atoms with E-state index in [1.807, 2.05) is 27.8 Å². The van der Waals surface area contributed by atoms with Gasteiger partial charge in [-0.3, -0.25) is 0 Å². The van der Waals surface area contributed by atoms with Crippen LogP contribution in [0.4, 0.5) is 14.6 Å². The third kappa shape index (κ3) is 3.18. The van der Waals surface area contributed by atoms with E-state index >= 15 is 0 Å². The van der Waals surface area contributed by atoms with Gasteiger partial charge in [-0.05, 0) is 29.1 Å². The Morgan fingerprint density at radius 2 is 1.96 bits per heavy atom. The van der Waals surface area contributed by atoms with E-state index < -0.39 is 11.6 Å². The number of hydrogen-bond donors (Lipinski definition) is 1. The second-order valence-electron chi connectivity index (χ2n) is 6.24.